The number of unbranched alkanes of at least 4 members (excludes halogenated alkanes) is 7. The summed E-state index contributed by atoms with van der Waals surface area (Å²) in [7, 11) is 2.76. The number of ether oxygens (including phenoxy) is 2. The average Bonchev–Trinajstić information content (AvgIpc) is 2.60. The number of esters is 2. The minimum atomic E-state index is -0.157. The first-order valence-electron chi connectivity index (χ1n) is 8.87. The van der Waals surface area contributed by atoms with Crippen molar-refractivity contribution < 1.29 is 19.1 Å². The molecular formula is C18H39NO4. The maximum absolute atomic E-state index is 9.96. The van der Waals surface area contributed by atoms with Crippen molar-refractivity contribution in [2.75, 3.05) is 20.8 Å². The summed E-state index contributed by atoms with van der Waals surface area (Å²) in [5.74, 6) is -0.315. The summed E-state index contributed by atoms with van der Waals surface area (Å²) in [6.07, 6.45) is 11.9. The topological polar surface area (TPSA) is 78.6 Å². The van der Waals surface area contributed by atoms with Gasteiger partial charge in [0.05, 0.1) is 14.2 Å². The molecule has 0 aliphatic rings. The van der Waals surface area contributed by atoms with Crippen LogP contribution in [-0.2, 0) is 19.1 Å². The number of carbonyl (C=O) groups excluding carboxylic acids is 2. The summed E-state index contributed by atoms with van der Waals surface area (Å²) >= 11 is 0. The lowest BCUT2D eigenvalue weighted by Crippen LogP contribution is -1.97. The van der Waals surface area contributed by atoms with Crippen LogP contribution in [0.1, 0.15) is 85.0 Å². The van der Waals surface area contributed by atoms with Crippen molar-refractivity contribution in [3.63, 3.8) is 0 Å². The summed E-state index contributed by atoms with van der Waals surface area (Å²) in [5.41, 5.74) is 5.39. The predicted octanol–water partition coefficient (Wildman–Crippen LogP) is 4.22. The molecule has 0 aliphatic carbocycles. The standard InChI is InChI=1S/C10H23N.2C4H8O2/c1-2-3-4-5-6-7-8-9-10-11;2*1-3-4(5)6-2/h2-11H2,1H3;2*3H2,1-2H3. The van der Waals surface area contributed by atoms with Crippen LogP contribution in [0.15, 0.2) is 0 Å². The molecule has 140 valence electrons. The van der Waals surface area contributed by atoms with Crippen molar-refractivity contribution in [3.05, 3.63) is 0 Å². The molecule has 0 atom stereocenters. The van der Waals surface area contributed by atoms with Gasteiger partial charge in [-0.1, -0.05) is 65.7 Å². The lowest BCUT2D eigenvalue weighted by Gasteiger charge is -1.99. The maximum atomic E-state index is 9.96. The molecule has 0 aliphatic heterocycles. The number of carbonyl (C=O) groups is 2. The van der Waals surface area contributed by atoms with Crippen LogP contribution in [0.3, 0.4) is 0 Å². The Balaban J connectivity index is -0.000000284. The van der Waals surface area contributed by atoms with Crippen molar-refractivity contribution in [1.82, 2.24) is 0 Å². The Labute approximate surface area is 143 Å². The Morgan fingerprint density at radius 2 is 1.04 bits per heavy atom. The van der Waals surface area contributed by atoms with E-state index >= 15 is 0 Å². The minimum Gasteiger partial charge on any atom is -0.469 e. The zero-order valence-corrected chi connectivity index (χ0v) is 16.0. The monoisotopic (exact) mass is 333 g/mol. The SMILES string of the molecule is CCC(=O)OC.CCC(=O)OC.CCCCCCCCCCN. The van der Waals surface area contributed by atoms with Gasteiger partial charge in [-0.15, -0.1) is 0 Å². The van der Waals surface area contributed by atoms with Crippen molar-refractivity contribution in [2.24, 2.45) is 5.73 Å². The molecule has 5 nitrogen and oxygen atoms in total. The number of rotatable bonds is 10. The van der Waals surface area contributed by atoms with E-state index in [2.05, 4.69) is 16.4 Å². The van der Waals surface area contributed by atoms with Gasteiger partial charge in [0.2, 0.25) is 0 Å². The molecule has 0 radical (unpaired) electrons. The third-order valence-corrected chi connectivity index (χ3v) is 3.09. The molecule has 0 spiro atoms. The van der Waals surface area contributed by atoms with Gasteiger partial charge >= 0.3 is 11.9 Å². The molecule has 0 aromatic carbocycles. The first kappa shape index (κ1) is 26.8. The maximum Gasteiger partial charge on any atom is 0.305 e. The van der Waals surface area contributed by atoms with Gasteiger partial charge in [0.15, 0.2) is 0 Å². The van der Waals surface area contributed by atoms with E-state index in [-0.39, 0.29) is 11.9 Å². The first-order valence-corrected chi connectivity index (χ1v) is 8.87. The Bertz CT molecular complexity index is 209. The largest absolute Gasteiger partial charge is 0.469 e. The molecule has 0 heterocycles. The van der Waals surface area contributed by atoms with Gasteiger partial charge in [0, 0.05) is 12.8 Å². The van der Waals surface area contributed by atoms with Gasteiger partial charge in [-0.2, -0.15) is 0 Å². The highest BCUT2D eigenvalue weighted by Gasteiger charge is 1.89. The van der Waals surface area contributed by atoms with Gasteiger partial charge in [0.25, 0.3) is 0 Å². The molecule has 0 aromatic heterocycles. The van der Waals surface area contributed by atoms with Crippen LogP contribution in [-0.4, -0.2) is 32.7 Å². The highest BCUT2D eigenvalue weighted by Crippen LogP contribution is 2.07. The van der Waals surface area contributed by atoms with Crippen LogP contribution in [0.25, 0.3) is 0 Å². The average molecular weight is 334 g/mol. The van der Waals surface area contributed by atoms with Crippen LogP contribution in [0.4, 0.5) is 0 Å². The lowest BCUT2D eigenvalue weighted by atomic mass is 10.1. The van der Waals surface area contributed by atoms with Crippen molar-refractivity contribution >= 4 is 11.9 Å². The van der Waals surface area contributed by atoms with Gasteiger partial charge < -0.3 is 15.2 Å². The highest BCUT2D eigenvalue weighted by atomic mass is 16.5. The smallest absolute Gasteiger partial charge is 0.305 e. The summed E-state index contributed by atoms with van der Waals surface area (Å²) in [6.45, 7) is 6.64. The third kappa shape index (κ3) is 33.6. The minimum absolute atomic E-state index is 0.157. The Morgan fingerprint density at radius 3 is 1.26 bits per heavy atom. The second-order valence-corrected chi connectivity index (χ2v) is 5.12. The molecular weight excluding hydrogens is 294 g/mol. The summed E-state index contributed by atoms with van der Waals surface area (Å²) in [6, 6.07) is 0. The van der Waals surface area contributed by atoms with E-state index in [9.17, 15) is 9.59 Å². The second kappa shape index (κ2) is 25.8. The molecule has 0 saturated heterocycles. The number of nitrogens with two attached hydrogens (primary N) is 1. The van der Waals surface area contributed by atoms with Gasteiger partial charge in [0.1, 0.15) is 0 Å². The molecule has 0 unspecified atom stereocenters. The number of hydrogen-bond acceptors (Lipinski definition) is 5. The molecule has 0 saturated carbocycles. The Morgan fingerprint density at radius 1 is 0.696 bits per heavy atom. The van der Waals surface area contributed by atoms with Gasteiger partial charge in [-0.3, -0.25) is 9.59 Å². The predicted molar refractivity (Wildman–Crippen MR) is 96.3 cm³/mol. The van der Waals surface area contributed by atoms with Crippen molar-refractivity contribution in [3.8, 4) is 0 Å². The van der Waals surface area contributed by atoms with Gasteiger partial charge in [-0.05, 0) is 13.0 Å². The molecule has 0 rings (SSSR count). The van der Waals surface area contributed by atoms with Crippen molar-refractivity contribution in [1.29, 1.82) is 0 Å². The van der Waals surface area contributed by atoms with E-state index in [1.807, 2.05) is 0 Å². The first-order chi connectivity index (χ1) is 11.0. The molecule has 23 heavy (non-hydrogen) atoms. The number of methoxy groups -OCH3 is 2. The fraction of sp³-hybridized carbons (Fsp3) is 0.889. The van der Waals surface area contributed by atoms with E-state index in [1.165, 1.54) is 65.6 Å². The quantitative estimate of drug-likeness (QED) is 0.478. The molecule has 0 aromatic rings. The van der Waals surface area contributed by atoms with Crippen LogP contribution in [0.5, 0.6) is 0 Å². The molecule has 5 heteroatoms. The van der Waals surface area contributed by atoms with Crippen LogP contribution in [0, 0.1) is 0 Å². The molecule has 0 fully saturated rings. The Kier molecular flexibility index (Phi) is 30.1. The normalized spacial score (nSPS) is 8.96. The van der Waals surface area contributed by atoms with E-state index in [0.29, 0.717) is 12.8 Å². The zero-order valence-electron chi connectivity index (χ0n) is 16.0. The van der Waals surface area contributed by atoms with Crippen LogP contribution in [0.2, 0.25) is 0 Å². The van der Waals surface area contributed by atoms with Crippen LogP contribution < -0.4 is 5.73 Å². The number of hydrogen-bond donors (Lipinski definition) is 1. The van der Waals surface area contributed by atoms with E-state index < -0.39 is 0 Å². The summed E-state index contributed by atoms with van der Waals surface area (Å²) < 4.78 is 8.52. The zero-order chi connectivity index (χ0) is 18.3. The molecule has 2 N–H and O–H groups in total. The second-order valence-electron chi connectivity index (χ2n) is 5.12. The molecule has 0 bridgehead atoms. The van der Waals surface area contributed by atoms with Crippen LogP contribution >= 0.6 is 0 Å². The highest BCUT2D eigenvalue weighted by molar-refractivity contribution is 5.68. The fourth-order valence-electron chi connectivity index (χ4n) is 1.57. The third-order valence-electron chi connectivity index (χ3n) is 3.09. The molecule has 0 amide bonds. The lowest BCUT2D eigenvalue weighted by molar-refractivity contribution is -0.141. The summed E-state index contributed by atoms with van der Waals surface area (Å²) in [4.78, 5) is 19.9. The van der Waals surface area contributed by atoms with E-state index in [0.717, 1.165) is 6.54 Å². The van der Waals surface area contributed by atoms with Crippen molar-refractivity contribution in [2.45, 2.75) is 85.0 Å². The fourth-order valence-corrected chi connectivity index (χ4v) is 1.57. The van der Waals surface area contributed by atoms with Gasteiger partial charge in [-0.25, -0.2) is 0 Å². The summed E-state index contributed by atoms with van der Waals surface area (Å²) in [5, 5.41) is 0. The van der Waals surface area contributed by atoms with E-state index in [4.69, 9.17) is 5.73 Å². The Hall–Kier alpha value is -1.10. The van der Waals surface area contributed by atoms with E-state index in [1.54, 1.807) is 13.8 Å².